The first-order valence-corrected chi connectivity index (χ1v) is 6.94. The van der Waals surface area contributed by atoms with E-state index in [1.165, 1.54) is 23.8 Å². The molecule has 2 N–H and O–H groups in total. The second-order valence-corrected chi connectivity index (χ2v) is 5.39. The van der Waals surface area contributed by atoms with Crippen molar-refractivity contribution in [2.45, 2.75) is 19.0 Å². The van der Waals surface area contributed by atoms with Crippen molar-refractivity contribution in [1.82, 2.24) is 0 Å². The number of hydrogen-bond acceptors (Lipinski definition) is 3. The van der Waals surface area contributed by atoms with Crippen molar-refractivity contribution in [1.29, 1.82) is 5.26 Å². The van der Waals surface area contributed by atoms with Gasteiger partial charge in [-0.25, -0.2) is 4.39 Å². The third-order valence-corrected chi connectivity index (χ3v) is 3.82. The van der Waals surface area contributed by atoms with E-state index in [4.69, 9.17) is 5.73 Å². The topological polar surface area (TPSA) is 53.0 Å². The van der Waals surface area contributed by atoms with Crippen molar-refractivity contribution in [3.8, 4) is 6.07 Å². The number of fused-ring (bicyclic) bond motifs is 1. The summed E-state index contributed by atoms with van der Waals surface area (Å²) in [6.45, 7) is 1.20. The molecule has 1 atom stereocenters. The summed E-state index contributed by atoms with van der Waals surface area (Å²) in [5, 5.41) is 9.17. The SMILES string of the molecule is N#Cc1ccc(F)cc1CN1CC(N)Cc2ccccc21. The van der Waals surface area contributed by atoms with Crippen LogP contribution in [0.15, 0.2) is 42.5 Å². The third kappa shape index (κ3) is 2.74. The summed E-state index contributed by atoms with van der Waals surface area (Å²) in [7, 11) is 0. The van der Waals surface area contributed by atoms with Gasteiger partial charge in [0.25, 0.3) is 0 Å². The summed E-state index contributed by atoms with van der Waals surface area (Å²) in [5.74, 6) is -0.321. The van der Waals surface area contributed by atoms with Crippen LogP contribution in [0.5, 0.6) is 0 Å². The smallest absolute Gasteiger partial charge is 0.123 e. The van der Waals surface area contributed by atoms with Crippen molar-refractivity contribution in [3.05, 3.63) is 65.0 Å². The summed E-state index contributed by atoms with van der Waals surface area (Å²) < 4.78 is 13.5. The minimum atomic E-state index is -0.321. The number of benzene rings is 2. The van der Waals surface area contributed by atoms with Crippen LogP contribution in [0.1, 0.15) is 16.7 Å². The number of hydrogen-bond donors (Lipinski definition) is 1. The lowest BCUT2D eigenvalue weighted by Crippen LogP contribution is -2.43. The molecule has 0 fully saturated rings. The third-order valence-electron chi connectivity index (χ3n) is 3.82. The maximum atomic E-state index is 13.5. The highest BCUT2D eigenvalue weighted by Gasteiger charge is 2.22. The van der Waals surface area contributed by atoms with E-state index in [0.29, 0.717) is 24.2 Å². The average molecular weight is 281 g/mol. The van der Waals surface area contributed by atoms with Gasteiger partial charge in [-0.2, -0.15) is 5.26 Å². The normalized spacial score (nSPS) is 17.2. The van der Waals surface area contributed by atoms with Gasteiger partial charge in [-0.05, 0) is 41.8 Å². The molecule has 0 saturated heterocycles. The Kier molecular flexibility index (Phi) is 3.59. The molecule has 1 unspecified atom stereocenters. The van der Waals surface area contributed by atoms with E-state index in [2.05, 4.69) is 17.0 Å². The van der Waals surface area contributed by atoms with Crippen LogP contribution in [0.4, 0.5) is 10.1 Å². The molecule has 1 aliphatic heterocycles. The first kappa shape index (κ1) is 13.6. The summed E-state index contributed by atoms with van der Waals surface area (Å²) in [5.41, 5.74) is 9.63. The first-order chi connectivity index (χ1) is 10.2. The molecule has 0 spiro atoms. The highest BCUT2D eigenvalue weighted by molar-refractivity contribution is 5.57. The molecule has 2 aromatic rings. The molecule has 0 aromatic heterocycles. The first-order valence-electron chi connectivity index (χ1n) is 6.94. The van der Waals surface area contributed by atoms with E-state index >= 15 is 0 Å². The molecule has 3 rings (SSSR count). The summed E-state index contributed by atoms with van der Waals surface area (Å²) in [6, 6.07) is 14.6. The molecular weight excluding hydrogens is 265 g/mol. The van der Waals surface area contributed by atoms with Crippen LogP contribution < -0.4 is 10.6 Å². The van der Waals surface area contributed by atoms with Crippen LogP contribution >= 0.6 is 0 Å². The molecule has 0 aliphatic carbocycles. The van der Waals surface area contributed by atoms with Crippen LogP contribution in [0, 0.1) is 17.1 Å². The molecule has 0 radical (unpaired) electrons. The van der Waals surface area contributed by atoms with Crippen molar-refractivity contribution < 1.29 is 4.39 Å². The van der Waals surface area contributed by atoms with Gasteiger partial charge >= 0.3 is 0 Å². The van der Waals surface area contributed by atoms with E-state index in [0.717, 1.165) is 12.1 Å². The van der Waals surface area contributed by atoms with Crippen LogP contribution in [0.25, 0.3) is 0 Å². The minimum Gasteiger partial charge on any atom is -0.365 e. The molecule has 0 amide bonds. The van der Waals surface area contributed by atoms with Gasteiger partial charge in [-0.1, -0.05) is 18.2 Å². The number of halogens is 1. The number of nitrogens with two attached hydrogens (primary N) is 1. The van der Waals surface area contributed by atoms with Gasteiger partial charge in [-0.15, -0.1) is 0 Å². The predicted molar refractivity (Wildman–Crippen MR) is 80.3 cm³/mol. The molecule has 4 heteroatoms. The molecule has 21 heavy (non-hydrogen) atoms. The number of anilines is 1. The number of nitriles is 1. The second-order valence-electron chi connectivity index (χ2n) is 5.39. The zero-order valence-corrected chi connectivity index (χ0v) is 11.6. The molecule has 0 saturated carbocycles. The number of rotatable bonds is 2. The largest absolute Gasteiger partial charge is 0.365 e. The van der Waals surface area contributed by atoms with Gasteiger partial charge < -0.3 is 10.6 Å². The molecule has 3 nitrogen and oxygen atoms in total. The predicted octanol–water partition coefficient (Wildman–Crippen LogP) is 2.59. The van der Waals surface area contributed by atoms with Crippen LogP contribution in [-0.2, 0) is 13.0 Å². The highest BCUT2D eigenvalue weighted by atomic mass is 19.1. The average Bonchev–Trinajstić information content (AvgIpc) is 2.47. The van der Waals surface area contributed by atoms with Crippen molar-refractivity contribution >= 4 is 5.69 Å². The van der Waals surface area contributed by atoms with Gasteiger partial charge in [0.1, 0.15) is 5.82 Å². The van der Waals surface area contributed by atoms with Gasteiger partial charge in [0.05, 0.1) is 11.6 Å². The zero-order chi connectivity index (χ0) is 14.8. The van der Waals surface area contributed by atoms with Crippen LogP contribution in [0.2, 0.25) is 0 Å². The minimum absolute atomic E-state index is 0.0546. The lowest BCUT2D eigenvalue weighted by atomic mass is 9.97. The monoisotopic (exact) mass is 281 g/mol. The van der Waals surface area contributed by atoms with Crippen LogP contribution in [0.3, 0.4) is 0 Å². The molecule has 1 heterocycles. The van der Waals surface area contributed by atoms with Gasteiger partial charge in [0, 0.05) is 24.8 Å². The molecule has 0 bridgehead atoms. The van der Waals surface area contributed by atoms with E-state index in [1.807, 2.05) is 18.2 Å². The Morgan fingerprint density at radius 1 is 1.29 bits per heavy atom. The summed E-state index contributed by atoms with van der Waals surface area (Å²) in [6.07, 6.45) is 0.848. The van der Waals surface area contributed by atoms with Crippen molar-refractivity contribution in [3.63, 3.8) is 0 Å². The maximum absolute atomic E-state index is 13.5. The van der Waals surface area contributed by atoms with Crippen molar-refractivity contribution in [2.24, 2.45) is 5.73 Å². The Morgan fingerprint density at radius 3 is 2.90 bits per heavy atom. The standard InChI is InChI=1S/C17H16FN3/c18-15-6-5-13(9-19)14(7-15)10-21-11-16(20)8-12-3-1-2-4-17(12)21/h1-7,16H,8,10-11,20H2. The van der Waals surface area contributed by atoms with Crippen LogP contribution in [-0.4, -0.2) is 12.6 Å². The lowest BCUT2D eigenvalue weighted by molar-refractivity contribution is 0.594. The Balaban J connectivity index is 1.96. The van der Waals surface area contributed by atoms with Gasteiger partial charge in [0.15, 0.2) is 0 Å². The van der Waals surface area contributed by atoms with E-state index < -0.39 is 0 Å². The zero-order valence-electron chi connectivity index (χ0n) is 11.6. The quantitative estimate of drug-likeness (QED) is 0.920. The van der Waals surface area contributed by atoms with E-state index in [1.54, 1.807) is 0 Å². The molecule has 2 aromatic carbocycles. The second kappa shape index (κ2) is 5.55. The van der Waals surface area contributed by atoms with Crippen molar-refractivity contribution in [2.75, 3.05) is 11.4 Å². The fraction of sp³-hybridized carbons (Fsp3) is 0.235. The molecular formula is C17H16FN3. The number of para-hydroxylation sites is 1. The maximum Gasteiger partial charge on any atom is 0.123 e. The van der Waals surface area contributed by atoms with Gasteiger partial charge in [0.2, 0.25) is 0 Å². The summed E-state index contributed by atoms with van der Waals surface area (Å²) in [4.78, 5) is 2.12. The highest BCUT2D eigenvalue weighted by Crippen LogP contribution is 2.28. The van der Waals surface area contributed by atoms with E-state index in [-0.39, 0.29) is 11.9 Å². The Morgan fingerprint density at radius 2 is 2.10 bits per heavy atom. The molecule has 106 valence electrons. The summed E-state index contributed by atoms with van der Waals surface area (Å²) >= 11 is 0. The number of nitrogens with zero attached hydrogens (tertiary/aromatic N) is 2. The Labute approximate surface area is 123 Å². The lowest BCUT2D eigenvalue weighted by Gasteiger charge is -2.35. The molecule has 1 aliphatic rings. The Hall–Kier alpha value is -2.38. The van der Waals surface area contributed by atoms with E-state index in [9.17, 15) is 9.65 Å². The fourth-order valence-corrected chi connectivity index (χ4v) is 2.88. The fourth-order valence-electron chi connectivity index (χ4n) is 2.88. The Bertz CT molecular complexity index is 705. The van der Waals surface area contributed by atoms with Gasteiger partial charge in [-0.3, -0.25) is 0 Å².